The number of rotatable bonds is 1. The van der Waals surface area contributed by atoms with E-state index in [1.807, 2.05) is 23.5 Å². The average Bonchev–Trinajstić information content (AvgIpc) is 3.50. The molecule has 1 aliphatic heterocycles. The zero-order valence-electron chi connectivity index (χ0n) is 26.5. The van der Waals surface area contributed by atoms with E-state index >= 15 is 0 Å². The van der Waals surface area contributed by atoms with Crippen LogP contribution in [-0.4, -0.2) is 4.57 Å². The van der Waals surface area contributed by atoms with Crippen molar-refractivity contribution >= 4 is 95.5 Å². The Balaban J connectivity index is 1.22. The number of fused-ring (bicyclic) bond motifs is 15. The lowest BCUT2D eigenvalue weighted by atomic mass is 9.91. The van der Waals surface area contributed by atoms with Crippen molar-refractivity contribution in [2.45, 2.75) is 19.6 Å². The van der Waals surface area contributed by atoms with Crippen LogP contribution in [0.25, 0.3) is 72.0 Å². The van der Waals surface area contributed by atoms with Crippen molar-refractivity contribution in [3.8, 4) is 0 Å². The molecule has 230 valence electrons. The molecule has 0 radical (unpaired) electrons. The second-order valence-corrected chi connectivity index (χ2v) is 14.5. The van der Waals surface area contributed by atoms with Gasteiger partial charge in [0.15, 0.2) is 0 Å². The number of benzene rings is 7. The number of hydrogen-bond donors (Lipinski definition) is 0. The standard InChI is InChI=1S/C46H29NS2/c1-2-16-30(17-4-5-19-32-31(18-3-1)33-20-6-7-22-35(33)36-23-9-8-21-34(32)36)47-40-27-13-12-26-39(40)43-37-24-10-11-25-38(37)45-46(44(43)47)49-42-29-15-14-28-41(42)48-45/h1-29H/b2-1+,3-1?,5-4?,16-2?,17-4-,18-3+,19-5-,30-16+,30-17?,31-18?,32-19?. The minimum Gasteiger partial charge on any atom is -0.308 e. The predicted molar refractivity (Wildman–Crippen MR) is 214 cm³/mol. The van der Waals surface area contributed by atoms with Crippen molar-refractivity contribution < 1.29 is 0 Å². The molecule has 3 heteroatoms. The van der Waals surface area contributed by atoms with Gasteiger partial charge in [0.2, 0.25) is 0 Å². The summed E-state index contributed by atoms with van der Waals surface area (Å²) in [5.41, 5.74) is 6.06. The number of allylic oxidation sites excluding steroid dienone is 8. The summed E-state index contributed by atoms with van der Waals surface area (Å²) < 4.78 is 2.48. The van der Waals surface area contributed by atoms with E-state index in [0.717, 1.165) is 5.70 Å². The molecule has 0 spiro atoms. The largest absolute Gasteiger partial charge is 0.308 e. The Labute approximate surface area is 293 Å². The maximum absolute atomic E-state index is 2.48. The molecule has 0 N–H and O–H groups in total. The molecule has 1 nitrogen and oxygen atoms in total. The van der Waals surface area contributed by atoms with Gasteiger partial charge in [-0.05, 0) is 73.8 Å². The van der Waals surface area contributed by atoms with Gasteiger partial charge in [-0.1, -0.05) is 169 Å². The summed E-state index contributed by atoms with van der Waals surface area (Å²) in [6.45, 7) is 0. The Hall–Kier alpha value is -5.48. The molecule has 7 aromatic carbocycles. The monoisotopic (exact) mass is 659 g/mol. The maximum Gasteiger partial charge on any atom is 0.0698 e. The molecule has 0 atom stereocenters. The van der Waals surface area contributed by atoms with Crippen LogP contribution in [0.3, 0.4) is 0 Å². The van der Waals surface area contributed by atoms with E-state index in [-0.39, 0.29) is 0 Å². The molecule has 0 amide bonds. The summed E-state index contributed by atoms with van der Waals surface area (Å²) in [6.07, 6.45) is 20.0. The molecule has 1 aromatic heterocycles. The molecule has 49 heavy (non-hydrogen) atoms. The second-order valence-electron chi connectivity index (χ2n) is 12.4. The molecule has 2 aliphatic rings. The highest BCUT2D eigenvalue weighted by atomic mass is 32.2. The fourth-order valence-electron chi connectivity index (χ4n) is 7.60. The lowest BCUT2D eigenvalue weighted by Crippen LogP contribution is -1.99. The van der Waals surface area contributed by atoms with Crippen molar-refractivity contribution in [1.82, 2.24) is 4.57 Å². The molecule has 0 saturated carbocycles. The Morgan fingerprint density at radius 3 is 1.59 bits per heavy atom. The normalized spacial score (nSPS) is 17.8. The molecule has 10 rings (SSSR count). The minimum absolute atomic E-state index is 1.12. The molecule has 0 saturated heterocycles. The van der Waals surface area contributed by atoms with E-state index in [9.17, 15) is 0 Å². The third-order valence-electron chi connectivity index (χ3n) is 9.68. The summed E-state index contributed by atoms with van der Waals surface area (Å²) in [4.78, 5) is 5.28. The van der Waals surface area contributed by atoms with Gasteiger partial charge < -0.3 is 4.57 Å². The average molecular weight is 660 g/mol. The van der Waals surface area contributed by atoms with E-state index < -0.39 is 0 Å². The van der Waals surface area contributed by atoms with Gasteiger partial charge in [-0.2, -0.15) is 0 Å². The van der Waals surface area contributed by atoms with Crippen LogP contribution >= 0.6 is 23.5 Å². The van der Waals surface area contributed by atoms with Gasteiger partial charge in [-0.25, -0.2) is 0 Å². The minimum atomic E-state index is 1.12. The van der Waals surface area contributed by atoms with Gasteiger partial charge in [0.25, 0.3) is 0 Å². The SMILES string of the molecule is C1=C\C(n2c3ccccc3c3c4ccccc4c4c(c32)Sc2ccccc2S4)=C/C=C/C=C/c2c(c3ccccc3c3ccccc23)\C=C/1. The van der Waals surface area contributed by atoms with Gasteiger partial charge in [0.05, 0.1) is 15.9 Å². The molecular weight excluding hydrogens is 631 g/mol. The Morgan fingerprint density at radius 2 is 0.898 bits per heavy atom. The van der Waals surface area contributed by atoms with E-state index in [1.54, 1.807) is 0 Å². The summed E-state index contributed by atoms with van der Waals surface area (Å²) in [7, 11) is 0. The second kappa shape index (κ2) is 11.6. The topological polar surface area (TPSA) is 4.93 Å². The fraction of sp³-hybridized carbons (Fsp3) is 0. The third kappa shape index (κ3) is 4.50. The van der Waals surface area contributed by atoms with Gasteiger partial charge in [0, 0.05) is 31.2 Å². The van der Waals surface area contributed by atoms with Crippen molar-refractivity contribution in [2.24, 2.45) is 0 Å². The highest BCUT2D eigenvalue weighted by Crippen LogP contribution is 2.55. The zero-order valence-corrected chi connectivity index (χ0v) is 28.1. The van der Waals surface area contributed by atoms with Crippen molar-refractivity contribution in [1.29, 1.82) is 0 Å². The lowest BCUT2D eigenvalue weighted by Gasteiger charge is -2.22. The fourth-order valence-corrected chi connectivity index (χ4v) is 10.1. The molecule has 1 aliphatic carbocycles. The third-order valence-corrected chi connectivity index (χ3v) is 12.3. The highest BCUT2D eigenvalue weighted by molar-refractivity contribution is 8.05. The van der Waals surface area contributed by atoms with Crippen LogP contribution in [0.1, 0.15) is 11.1 Å². The summed E-state index contributed by atoms with van der Waals surface area (Å²) in [5, 5.41) is 10.3. The Morgan fingerprint density at radius 1 is 0.388 bits per heavy atom. The molecular formula is C46H29NS2. The van der Waals surface area contributed by atoms with E-state index in [4.69, 9.17) is 0 Å². The summed E-state index contributed by atoms with van der Waals surface area (Å²) >= 11 is 3.80. The predicted octanol–water partition coefficient (Wildman–Crippen LogP) is 13.6. The van der Waals surface area contributed by atoms with Crippen LogP contribution in [0.2, 0.25) is 0 Å². The first-order valence-electron chi connectivity index (χ1n) is 16.6. The summed E-state index contributed by atoms with van der Waals surface area (Å²) in [5.74, 6) is 0. The van der Waals surface area contributed by atoms with E-state index in [1.165, 1.54) is 84.8 Å². The van der Waals surface area contributed by atoms with Gasteiger partial charge in [0.1, 0.15) is 0 Å². The first-order valence-corrected chi connectivity index (χ1v) is 18.2. The van der Waals surface area contributed by atoms with Crippen LogP contribution in [0, 0.1) is 0 Å². The van der Waals surface area contributed by atoms with Crippen LogP contribution in [0.5, 0.6) is 0 Å². The Kier molecular flexibility index (Phi) is 6.75. The van der Waals surface area contributed by atoms with Crippen molar-refractivity contribution in [3.05, 3.63) is 175 Å². The molecule has 0 unspecified atom stereocenters. The van der Waals surface area contributed by atoms with E-state index in [2.05, 4.69) is 181 Å². The lowest BCUT2D eigenvalue weighted by molar-refractivity contribution is 1.15. The van der Waals surface area contributed by atoms with Gasteiger partial charge in [-0.3, -0.25) is 0 Å². The zero-order chi connectivity index (χ0) is 32.3. The molecule has 0 bridgehead atoms. The molecule has 2 heterocycles. The molecule has 0 fully saturated rings. The van der Waals surface area contributed by atoms with Crippen molar-refractivity contribution in [2.75, 3.05) is 0 Å². The molecule has 8 aromatic rings. The van der Waals surface area contributed by atoms with Crippen molar-refractivity contribution in [3.63, 3.8) is 0 Å². The van der Waals surface area contributed by atoms with Crippen LogP contribution < -0.4 is 0 Å². The highest BCUT2D eigenvalue weighted by Gasteiger charge is 2.27. The van der Waals surface area contributed by atoms with Crippen LogP contribution in [-0.2, 0) is 0 Å². The first kappa shape index (κ1) is 28.5. The van der Waals surface area contributed by atoms with E-state index in [0.29, 0.717) is 0 Å². The number of aromatic nitrogens is 1. The quantitative estimate of drug-likeness (QED) is 0.162. The van der Waals surface area contributed by atoms with Gasteiger partial charge >= 0.3 is 0 Å². The first-order chi connectivity index (χ1) is 24.3. The maximum atomic E-state index is 2.48. The summed E-state index contributed by atoms with van der Waals surface area (Å²) in [6, 6.07) is 44.1. The van der Waals surface area contributed by atoms with Gasteiger partial charge in [-0.15, -0.1) is 0 Å². The smallest absolute Gasteiger partial charge is 0.0698 e. The number of para-hydroxylation sites is 1. The Bertz CT molecular complexity index is 2820. The number of hydrogen-bond acceptors (Lipinski definition) is 2. The van der Waals surface area contributed by atoms with Crippen LogP contribution in [0.4, 0.5) is 0 Å². The number of nitrogens with zero attached hydrogens (tertiary/aromatic N) is 1. The van der Waals surface area contributed by atoms with Crippen LogP contribution in [0.15, 0.2) is 183 Å².